The molecule has 0 bridgehead atoms. The number of hydrogen-bond donors (Lipinski definition) is 2. The van der Waals surface area contributed by atoms with Crippen molar-refractivity contribution >= 4 is 5.84 Å². The minimum atomic E-state index is -0.395. The van der Waals surface area contributed by atoms with Crippen LogP contribution in [0.5, 0.6) is 0 Å². The molecule has 0 unspecified atom stereocenters. The van der Waals surface area contributed by atoms with E-state index in [0.29, 0.717) is 0 Å². The molecule has 1 saturated heterocycles. The lowest BCUT2D eigenvalue weighted by atomic mass is 10.2. The quantitative estimate of drug-likeness (QED) is 0.295. The zero-order chi connectivity index (χ0) is 9.68. The van der Waals surface area contributed by atoms with E-state index in [1.165, 1.54) is 0 Å². The first-order chi connectivity index (χ1) is 6.24. The highest BCUT2D eigenvalue weighted by Gasteiger charge is 2.19. The predicted molar refractivity (Wildman–Crippen MR) is 47.5 cm³/mol. The summed E-state index contributed by atoms with van der Waals surface area (Å²) in [7, 11) is 0. The first-order valence-corrected chi connectivity index (χ1v) is 4.48. The van der Waals surface area contributed by atoms with Crippen molar-refractivity contribution in [1.82, 2.24) is 0 Å². The molecule has 0 aliphatic carbocycles. The topological polar surface area (TPSA) is 77.1 Å². The van der Waals surface area contributed by atoms with Gasteiger partial charge in [0.2, 0.25) is 0 Å². The van der Waals surface area contributed by atoms with Crippen LogP contribution in [-0.2, 0) is 9.47 Å². The van der Waals surface area contributed by atoms with Crippen LogP contribution < -0.4 is 5.73 Å². The molecule has 13 heavy (non-hydrogen) atoms. The molecular weight excluding hydrogens is 172 g/mol. The van der Waals surface area contributed by atoms with E-state index in [9.17, 15) is 0 Å². The lowest BCUT2D eigenvalue weighted by Crippen LogP contribution is -2.34. The standard InChI is InChI=1S/C8H16N2O3/c1-6(8(9)10-11)13-7-4-2-3-5-12-7/h6-7,11H,2-5H2,1H3,(H2,9,10)/t6-,7+/m1/s1. The average molecular weight is 188 g/mol. The Balaban J connectivity index is 2.30. The summed E-state index contributed by atoms with van der Waals surface area (Å²) in [4.78, 5) is 0. The van der Waals surface area contributed by atoms with E-state index in [1.807, 2.05) is 0 Å². The summed E-state index contributed by atoms with van der Waals surface area (Å²) in [5, 5.41) is 11.2. The van der Waals surface area contributed by atoms with Gasteiger partial charge in [0.15, 0.2) is 12.1 Å². The highest BCUT2D eigenvalue weighted by molar-refractivity contribution is 5.83. The van der Waals surface area contributed by atoms with Crippen LogP contribution in [0.25, 0.3) is 0 Å². The Bertz CT molecular complexity index is 178. The smallest absolute Gasteiger partial charge is 0.168 e. The molecule has 1 fully saturated rings. The van der Waals surface area contributed by atoms with Crippen molar-refractivity contribution in [3.8, 4) is 0 Å². The maximum atomic E-state index is 8.38. The lowest BCUT2D eigenvalue weighted by molar-refractivity contribution is -0.171. The summed E-state index contributed by atoms with van der Waals surface area (Å²) in [6, 6.07) is 0. The summed E-state index contributed by atoms with van der Waals surface area (Å²) < 4.78 is 10.7. The minimum Gasteiger partial charge on any atom is -0.409 e. The molecule has 5 heteroatoms. The monoisotopic (exact) mass is 188 g/mol. The van der Waals surface area contributed by atoms with Gasteiger partial charge in [-0.2, -0.15) is 0 Å². The molecule has 2 atom stereocenters. The van der Waals surface area contributed by atoms with Crippen molar-refractivity contribution in [2.75, 3.05) is 6.61 Å². The molecule has 0 amide bonds. The third-order valence-electron chi connectivity index (χ3n) is 2.03. The average Bonchev–Trinajstić information content (AvgIpc) is 2.18. The Morgan fingerprint density at radius 3 is 3.00 bits per heavy atom. The fraction of sp³-hybridized carbons (Fsp3) is 0.875. The Morgan fingerprint density at radius 1 is 1.69 bits per heavy atom. The third kappa shape index (κ3) is 3.20. The van der Waals surface area contributed by atoms with Crippen LogP contribution >= 0.6 is 0 Å². The molecule has 0 spiro atoms. The van der Waals surface area contributed by atoms with Crippen molar-refractivity contribution in [3.63, 3.8) is 0 Å². The maximum Gasteiger partial charge on any atom is 0.168 e. The van der Waals surface area contributed by atoms with Crippen LogP contribution in [-0.4, -0.2) is 30.0 Å². The second-order valence-corrected chi connectivity index (χ2v) is 3.10. The number of hydrogen-bond acceptors (Lipinski definition) is 4. The third-order valence-corrected chi connectivity index (χ3v) is 2.03. The number of nitrogens with two attached hydrogens (primary N) is 1. The van der Waals surface area contributed by atoms with Crippen LogP contribution in [0.4, 0.5) is 0 Å². The van der Waals surface area contributed by atoms with Crippen molar-refractivity contribution in [1.29, 1.82) is 0 Å². The normalized spacial score (nSPS) is 27.2. The van der Waals surface area contributed by atoms with E-state index in [1.54, 1.807) is 6.92 Å². The van der Waals surface area contributed by atoms with Crippen LogP contribution in [0.3, 0.4) is 0 Å². The second-order valence-electron chi connectivity index (χ2n) is 3.10. The van der Waals surface area contributed by atoms with Gasteiger partial charge in [0.1, 0.15) is 6.10 Å². The van der Waals surface area contributed by atoms with Crippen LogP contribution in [0.2, 0.25) is 0 Å². The maximum absolute atomic E-state index is 8.38. The first-order valence-electron chi connectivity index (χ1n) is 4.48. The number of ether oxygens (including phenoxy) is 2. The van der Waals surface area contributed by atoms with Gasteiger partial charge in [-0.15, -0.1) is 0 Å². The summed E-state index contributed by atoms with van der Waals surface area (Å²) in [6.45, 7) is 2.46. The molecule has 0 aromatic rings. The SMILES string of the molecule is C[C@@H](O[C@H]1CCCCO1)/C(N)=N\O. The van der Waals surface area contributed by atoms with Crippen LogP contribution in [0.1, 0.15) is 26.2 Å². The molecule has 0 aromatic carbocycles. The molecule has 1 aliphatic rings. The Morgan fingerprint density at radius 2 is 2.46 bits per heavy atom. The van der Waals surface area contributed by atoms with Gasteiger partial charge in [0.05, 0.1) is 0 Å². The second kappa shape index (κ2) is 5.04. The highest BCUT2D eigenvalue weighted by atomic mass is 16.7. The van der Waals surface area contributed by atoms with Crippen molar-refractivity contribution < 1.29 is 14.7 Å². The Hall–Kier alpha value is -0.810. The molecule has 76 valence electrons. The van der Waals surface area contributed by atoms with Crippen LogP contribution in [0.15, 0.2) is 5.16 Å². The Kier molecular flexibility index (Phi) is 3.98. The number of rotatable bonds is 3. The van der Waals surface area contributed by atoms with E-state index in [0.717, 1.165) is 25.9 Å². The highest BCUT2D eigenvalue weighted by Crippen LogP contribution is 2.15. The van der Waals surface area contributed by atoms with Crippen molar-refractivity contribution in [2.24, 2.45) is 10.9 Å². The summed E-state index contributed by atoms with van der Waals surface area (Å²) >= 11 is 0. The van der Waals surface area contributed by atoms with E-state index in [2.05, 4.69) is 5.16 Å². The first kappa shape index (κ1) is 10.3. The minimum absolute atomic E-state index is 0.0779. The van der Waals surface area contributed by atoms with Gasteiger partial charge in [0.25, 0.3) is 0 Å². The van der Waals surface area contributed by atoms with Crippen molar-refractivity contribution in [3.05, 3.63) is 0 Å². The van der Waals surface area contributed by atoms with E-state index < -0.39 is 6.10 Å². The summed E-state index contributed by atoms with van der Waals surface area (Å²) in [5.74, 6) is 0.0779. The zero-order valence-corrected chi connectivity index (χ0v) is 7.77. The number of nitrogens with zero attached hydrogens (tertiary/aromatic N) is 1. The molecule has 0 aromatic heterocycles. The van der Waals surface area contributed by atoms with Gasteiger partial charge in [-0.05, 0) is 26.2 Å². The largest absolute Gasteiger partial charge is 0.409 e. The lowest BCUT2D eigenvalue weighted by Gasteiger charge is -2.25. The van der Waals surface area contributed by atoms with Crippen LogP contribution in [0, 0.1) is 0 Å². The van der Waals surface area contributed by atoms with Gasteiger partial charge in [-0.1, -0.05) is 5.16 Å². The van der Waals surface area contributed by atoms with E-state index in [-0.39, 0.29) is 12.1 Å². The van der Waals surface area contributed by atoms with Gasteiger partial charge in [-0.25, -0.2) is 0 Å². The summed E-state index contributed by atoms with van der Waals surface area (Å²) in [5.41, 5.74) is 5.35. The Labute approximate surface area is 77.5 Å². The predicted octanol–water partition coefficient (Wildman–Crippen LogP) is 0.665. The summed E-state index contributed by atoms with van der Waals surface area (Å²) in [6.07, 6.45) is 2.46. The molecule has 5 nitrogen and oxygen atoms in total. The molecule has 1 rings (SSSR count). The van der Waals surface area contributed by atoms with Crippen molar-refractivity contribution in [2.45, 2.75) is 38.6 Å². The van der Waals surface area contributed by atoms with E-state index in [4.69, 9.17) is 20.4 Å². The zero-order valence-electron chi connectivity index (χ0n) is 7.77. The molecule has 1 heterocycles. The molecule has 0 saturated carbocycles. The number of oxime groups is 1. The fourth-order valence-corrected chi connectivity index (χ4v) is 1.20. The molecule has 3 N–H and O–H groups in total. The van der Waals surface area contributed by atoms with Gasteiger partial charge < -0.3 is 20.4 Å². The van der Waals surface area contributed by atoms with E-state index >= 15 is 0 Å². The van der Waals surface area contributed by atoms with Gasteiger partial charge >= 0.3 is 0 Å². The number of amidine groups is 1. The van der Waals surface area contributed by atoms with Gasteiger partial charge in [0, 0.05) is 6.61 Å². The molecule has 1 aliphatic heterocycles. The molecular formula is C8H16N2O3. The fourth-order valence-electron chi connectivity index (χ4n) is 1.20. The molecule has 0 radical (unpaired) electrons. The van der Waals surface area contributed by atoms with Gasteiger partial charge in [-0.3, -0.25) is 0 Å².